The minimum absolute atomic E-state index is 0.281. The van der Waals surface area contributed by atoms with Gasteiger partial charge in [-0.3, -0.25) is 0 Å². The molecule has 4 aliphatic rings. The van der Waals surface area contributed by atoms with Gasteiger partial charge in [0.15, 0.2) is 0 Å². The van der Waals surface area contributed by atoms with E-state index in [-0.39, 0.29) is 5.92 Å². The molecule has 4 aliphatic carbocycles. The minimum atomic E-state index is 0.281. The molecule has 1 N–H and O–H groups in total. The average Bonchev–Trinajstić information content (AvgIpc) is 3.44. The molecule has 46 heavy (non-hydrogen) atoms. The normalized spacial score (nSPS) is 25.3. The molecule has 1 fully saturated rings. The third-order valence-electron chi connectivity index (χ3n) is 11.3. The lowest BCUT2D eigenvalue weighted by Crippen LogP contribution is -2.32. The summed E-state index contributed by atoms with van der Waals surface area (Å²) in [7, 11) is 0. The summed E-state index contributed by atoms with van der Waals surface area (Å²) < 4.78 is 0. The predicted octanol–water partition coefficient (Wildman–Crippen LogP) is 11.3. The molecule has 1 saturated carbocycles. The molecular formula is C45H37N. The van der Waals surface area contributed by atoms with Crippen molar-refractivity contribution in [1.82, 2.24) is 0 Å². The Bertz CT molecular complexity index is 2110. The fraction of sp³-hybridized carbons (Fsp3) is 0.178. The number of rotatable bonds is 6. The molecule has 0 aliphatic heterocycles. The molecule has 222 valence electrons. The molecule has 0 saturated heterocycles. The Morgan fingerprint density at radius 3 is 2.30 bits per heavy atom. The van der Waals surface area contributed by atoms with Crippen LogP contribution in [0.15, 0.2) is 157 Å². The van der Waals surface area contributed by atoms with E-state index in [9.17, 15) is 0 Å². The second kappa shape index (κ2) is 11.1. The van der Waals surface area contributed by atoms with E-state index in [1.807, 2.05) is 6.08 Å². The highest BCUT2D eigenvalue weighted by Gasteiger charge is 2.56. The van der Waals surface area contributed by atoms with Gasteiger partial charge in [0.25, 0.3) is 0 Å². The summed E-state index contributed by atoms with van der Waals surface area (Å²) >= 11 is 0. The lowest BCUT2D eigenvalue weighted by Gasteiger charge is -2.43. The van der Waals surface area contributed by atoms with Crippen molar-refractivity contribution in [3.05, 3.63) is 185 Å². The molecular weight excluding hydrogens is 555 g/mol. The smallest absolute Gasteiger partial charge is 0.0174 e. The fourth-order valence-electron chi connectivity index (χ4n) is 9.47. The van der Waals surface area contributed by atoms with Crippen molar-refractivity contribution in [2.24, 2.45) is 17.8 Å². The molecule has 0 aromatic heterocycles. The van der Waals surface area contributed by atoms with Crippen LogP contribution in [0, 0.1) is 23.2 Å². The molecule has 5 aromatic rings. The van der Waals surface area contributed by atoms with E-state index in [0.29, 0.717) is 29.6 Å². The maximum atomic E-state index is 7.57. The summed E-state index contributed by atoms with van der Waals surface area (Å²) in [6, 6.07) is 43.4. The quantitative estimate of drug-likeness (QED) is 0.190. The third-order valence-corrected chi connectivity index (χ3v) is 11.3. The van der Waals surface area contributed by atoms with E-state index < -0.39 is 0 Å². The topological polar surface area (TPSA) is 23.9 Å². The van der Waals surface area contributed by atoms with Crippen molar-refractivity contribution in [1.29, 1.82) is 5.41 Å². The van der Waals surface area contributed by atoms with Gasteiger partial charge in [-0.2, -0.15) is 0 Å². The summed E-state index contributed by atoms with van der Waals surface area (Å²) in [6.07, 6.45) is 17.4. The first-order valence-corrected chi connectivity index (χ1v) is 16.8. The van der Waals surface area contributed by atoms with E-state index in [1.54, 1.807) is 11.1 Å². The number of hydrogen-bond acceptors (Lipinski definition) is 1. The van der Waals surface area contributed by atoms with Crippen molar-refractivity contribution in [3.8, 4) is 11.1 Å². The van der Waals surface area contributed by atoms with Gasteiger partial charge < -0.3 is 5.41 Å². The van der Waals surface area contributed by atoms with Crippen LogP contribution >= 0.6 is 0 Å². The number of fused-ring (bicyclic) bond motifs is 7. The van der Waals surface area contributed by atoms with E-state index in [4.69, 9.17) is 5.41 Å². The highest BCUT2D eigenvalue weighted by Crippen LogP contribution is 2.67. The summed E-state index contributed by atoms with van der Waals surface area (Å²) in [5, 5.41) is 10.1. The van der Waals surface area contributed by atoms with E-state index in [1.165, 1.54) is 55.9 Å². The van der Waals surface area contributed by atoms with Crippen LogP contribution in [-0.2, 0) is 0 Å². The first kappa shape index (κ1) is 27.3. The van der Waals surface area contributed by atoms with Gasteiger partial charge in [-0.05, 0) is 92.5 Å². The Balaban J connectivity index is 1.27. The van der Waals surface area contributed by atoms with Crippen LogP contribution in [0.2, 0.25) is 0 Å². The maximum Gasteiger partial charge on any atom is 0.0174 e. The summed E-state index contributed by atoms with van der Waals surface area (Å²) in [4.78, 5) is 0. The second-order valence-electron chi connectivity index (χ2n) is 13.5. The highest BCUT2D eigenvalue weighted by molar-refractivity contribution is 5.87. The number of benzene rings is 5. The molecule has 0 radical (unpaired) electrons. The van der Waals surface area contributed by atoms with Crippen LogP contribution in [0.25, 0.3) is 28.0 Å². The van der Waals surface area contributed by atoms with Gasteiger partial charge in [0.2, 0.25) is 0 Å². The zero-order valence-electron chi connectivity index (χ0n) is 25.9. The van der Waals surface area contributed by atoms with Crippen molar-refractivity contribution in [2.45, 2.75) is 30.6 Å². The lowest BCUT2D eigenvalue weighted by atomic mass is 9.60. The standard InChI is InChI=1S/C45H37N/c46-25-10-2-5-18-38-36-24-23-33(32-22-21-29-12-6-7-15-31(29)26-32)27-40(36)42(30-13-3-1-4-14-30)45-39-20-11-19-37-35-17-9-8-16-34(35)28-41(43(37)39)44(38)45/h1-4,6-17,19-28,37-38,42-46H,5,18H2/b10-2-,46-25?/t37?,38-,42+,43+,44?,45?/m1/s1. The van der Waals surface area contributed by atoms with Crippen molar-refractivity contribution < 1.29 is 0 Å². The molecule has 1 nitrogen and oxygen atoms in total. The van der Waals surface area contributed by atoms with Gasteiger partial charge >= 0.3 is 0 Å². The van der Waals surface area contributed by atoms with Crippen LogP contribution in [0.5, 0.6) is 0 Å². The maximum absolute atomic E-state index is 7.57. The van der Waals surface area contributed by atoms with Gasteiger partial charge in [0.05, 0.1) is 0 Å². The molecule has 5 aromatic carbocycles. The van der Waals surface area contributed by atoms with Gasteiger partial charge in [0, 0.05) is 24.0 Å². The molecule has 6 atom stereocenters. The van der Waals surface area contributed by atoms with Crippen LogP contribution in [0.3, 0.4) is 0 Å². The van der Waals surface area contributed by atoms with Crippen LogP contribution in [0.4, 0.5) is 0 Å². The molecule has 1 heteroatoms. The number of nitrogens with one attached hydrogen (secondary N) is 1. The van der Waals surface area contributed by atoms with Crippen LogP contribution in [-0.4, -0.2) is 6.21 Å². The summed E-state index contributed by atoms with van der Waals surface area (Å²) in [6.45, 7) is 0. The number of allylic oxidation sites excluding steroid dienone is 7. The van der Waals surface area contributed by atoms with E-state index in [2.05, 4.69) is 146 Å². The number of hydrogen-bond donors (Lipinski definition) is 1. The first-order valence-electron chi connectivity index (χ1n) is 16.8. The summed E-state index contributed by atoms with van der Waals surface area (Å²) in [5.41, 5.74) is 13.1. The largest absolute Gasteiger partial charge is 0.309 e. The van der Waals surface area contributed by atoms with Gasteiger partial charge in [-0.15, -0.1) is 0 Å². The van der Waals surface area contributed by atoms with E-state index >= 15 is 0 Å². The Labute approximate surface area is 271 Å². The molecule has 0 spiro atoms. The summed E-state index contributed by atoms with van der Waals surface area (Å²) in [5.74, 6) is 2.34. The predicted molar refractivity (Wildman–Crippen MR) is 192 cm³/mol. The molecule has 0 heterocycles. The van der Waals surface area contributed by atoms with Crippen LogP contribution < -0.4 is 0 Å². The van der Waals surface area contributed by atoms with Crippen molar-refractivity contribution in [3.63, 3.8) is 0 Å². The zero-order chi connectivity index (χ0) is 30.6. The van der Waals surface area contributed by atoms with Crippen LogP contribution in [0.1, 0.15) is 58.4 Å². The van der Waals surface area contributed by atoms with E-state index in [0.717, 1.165) is 12.8 Å². The van der Waals surface area contributed by atoms with Gasteiger partial charge in [-0.1, -0.05) is 151 Å². The highest BCUT2D eigenvalue weighted by atomic mass is 14.6. The second-order valence-corrected chi connectivity index (χ2v) is 13.5. The fourth-order valence-corrected chi connectivity index (χ4v) is 9.47. The lowest BCUT2D eigenvalue weighted by molar-refractivity contribution is 0.326. The minimum Gasteiger partial charge on any atom is -0.309 e. The Morgan fingerprint density at radius 1 is 0.630 bits per heavy atom. The Morgan fingerprint density at radius 2 is 1.41 bits per heavy atom. The third kappa shape index (κ3) is 4.26. The molecule has 0 amide bonds. The monoisotopic (exact) mass is 591 g/mol. The van der Waals surface area contributed by atoms with Gasteiger partial charge in [-0.25, -0.2) is 0 Å². The molecule has 0 bridgehead atoms. The SMILES string of the molecule is N=C/C=C\CC[C@@H]1c2ccc(-c3ccc4ccccc4c3)cc2[C@H](c2ccccc2)C2C3=CC=CC4c5ccccc5C=C(C21)[C@H]34. The molecule has 3 unspecified atom stereocenters. The zero-order valence-corrected chi connectivity index (χ0v) is 25.9. The first-order chi connectivity index (χ1) is 22.8. The van der Waals surface area contributed by atoms with Crippen molar-refractivity contribution in [2.75, 3.05) is 0 Å². The van der Waals surface area contributed by atoms with Gasteiger partial charge in [0.1, 0.15) is 0 Å². The Kier molecular flexibility index (Phi) is 6.59. The molecule has 9 rings (SSSR count). The average molecular weight is 592 g/mol. The van der Waals surface area contributed by atoms with Crippen molar-refractivity contribution >= 4 is 23.1 Å². The Hall–Kier alpha value is -5.01.